The van der Waals surface area contributed by atoms with Crippen molar-refractivity contribution in [2.75, 3.05) is 13.2 Å². The number of aromatic nitrogens is 1. The van der Waals surface area contributed by atoms with E-state index in [1.165, 1.54) is 11.3 Å². The number of para-hydroxylation sites is 1. The first kappa shape index (κ1) is 24.8. The second-order valence-electron chi connectivity index (χ2n) is 9.77. The summed E-state index contributed by atoms with van der Waals surface area (Å²) < 4.78 is 7.89. The molecule has 1 saturated heterocycles. The number of ether oxygens (including phenoxy) is 1. The van der Waals surface area contributed by atoms with Gasteiger partial charge in [-0.3, -0.25) is 9.59 Å². The smallest absolute Gasteiger partial charge is 0.295 e. The van der Waals surface area contributed by atoms with Gasteiger partial charge in [-0.1, -0.05) is 50.2 Å². The van der Waals surface area contributed by atoms with Gasteiger partial charge in [-0.2, -0.15) is 0 Å². The largest absolute Gasteiger partial charge is 0.507 e. The van der Waals surface area contributed by atoms with Gasteiger partial charge in [0.2, 0.25) is 0 Å². The van der Waals surface area contributed by atoms with Gasteiger partial charge in [0.05, 0.1) is 18.2 Å². The number of carbonyl (C=O) groups excluding carboxylic acids is 2. The molecule has 6 nitrogen and oxygen atoms in total. The van der Waals surface area contributed by atoms with E-state index in [2.05, 4.69) is 36.7 Å². The standard InChI is InChI=1S/C30H30N2O4S/c1-19(2)18-36-22-9-6-8-20(16-22)28(33)26-27(25-12-7-15-37-25)32(30(35)29(26)34)14-13-21-17-31(3)24-11-5-4-10-23(21)24/h4-12,15-17,19,27,33H,13-14,18H2,1-3H3/b28-26-. The summed E-state index contributed by atoms with van der Waals surface area (Å²) in [6.45, 7) is 5.02. The normalized spacial score (nSPS) is 17.3. The number of rotatable bonds is 8. The lowest BCUT2D eigenvalue weighted by molar-refractivity contribution is -0.139. The fourth-order valence-corrected chi connectivity index (χ4v) is 5.72. The molecule has 0 aliphatic carbocycles. The van der Waals surface area contributed by atoms with Crippen LogP contribution in [-0.2, 0) is 23.1 Å². The van der Waals surface area contributed by atoms with Crippen LogP contribution in [0.25, 0.3) is 16.7 Å². The number of fused-ring (bicyclic) bond motifs is 1. The number of likely N-dealkylation sites (tertiary alicyclic amines) is 1. The fraction of sp³-hybridized carbons (Fsp3) is 0.267. The molecule has 5 rings (SSSR count). The molecule has 1 atom stereocenters. The quantitative estimate of drug-likeness (QED) is 0.179. The van der Waals surface area contributed by atoms with E-state index in [0.717, 1.165) is 21.3 Å². The van der Waals surface area contributed by atoms with Gasteiger partial charge in [0, 0.05) is 41.1 Å². The lowest BCUT2D eigenvalue weighted by Crippen LogP contribution is -2.31. The number of hydrogen-bond acceptors (Lipinski definition) is 5. The molecule has 3 heterocycles. The minimum Gasteiger partial charge on any atom is -0.507 e. The third-order valence-corrected chi connectivity index (χ3v) is 7.57. The zero-order valence-corrected chi connectivity index (χ0v) is 22.0. The van der Waals surface area contributed by atoms with Crippen LogP contribution in [0.4, 0.5) is 0 Å². The van der Waals surface area contributed by atoms with Crippen LogP contribution in [0.5, 0.6) is 5.75 Å². The number of Topliss-reactive ketones (excluding diaryl/α,β-unsaturated/α-hetero) is 1. The highest BCUT2D eigenvalue weighted by atomic mass is 32.1. The van der Waals surface area contributed by atoms with Crippen molar-refractivity contribution in [1.82, 2.24) is 9.47 Å². The molecule has 37 heavy (non-hydrogen) atoms. The van der Waals surface area contributed by atoms with Crippen LogP contribution >= 0.6 is 11.3 Å². The molecule has 0 spiro atoms. The van der Waals surface area contributed by atoms with Crippen LogP contribution in [0.3, 0.4) is 0 Å². The Bertz CT molecular complexity index is 1480. The van der Waals surface area contributed by atoms with Crippen molar-refractivity contribution in [3.05, 3.63) is 93.8 Å². The van der Waals surface area contributed by atoms with Crippen molar-refractivity contribution in [3.8, 4) is 5.75 Å². The fourth-order valence-electron chi connectivity index (χ4n) is 4.87. The Morgan fingerprint density at radius 1 is 1.08 bits per heavy atom. The van der Waals surface area contributed by atoms with E-state index in [-0.39, 0.29) is 11.3 Å². The molecule has 190 valence electrons. The van der Waals surface area contributed by atoms with E-state index in [4.69, 9.17) is 4.74 Å². The first-order valence-electron chi connectivity index (χ1n) is 12.4. The van der Waals surface area contributed by atoms with Crippen molar-refractivity contribution in [1.29, 1.82) is 0 Å². The molecule has 1 aliphatic heterocycles. The number of hydrogen-bond donors (Lipinski definition) is 1. The Labute approximate surface area is 220 Å². The van der Waals surface area contributed by atoms with Crippen LogP contribution in [-0.4, -0.2) is 39.4 Å². The summed E-state index contributed by atoms with van der Waals surface area (Å²) in [6.07, 6.45) is 2.67. The monoisotopic (exact) mass is 514 g/mol. The number of aliphatic hydroxyl groups is 1. The molecule has 0 saturated carbocycles. The number of amides is 1. The lowest BCUT2D eigenvalue weighted by atomic mass is 9.99. The molecular formula is C30H30N2O4S. The van der Waals surface area contributed by atoms with Gasteiger partial charge >= 0.3 is 0 Å². The molecule has 1 fully saturated rings. The van der Waals surface area contributed by atoms with E-state index in [1.807, 2.05) is 42.8 Å². The molecule has 4 aromatic rings. The summed E-state index contributed by atoms with van der Waals surface area (Å²) in [5, 5.41) is 14.4. The first-order valence-corrected chi connectivity index (χ1v) is 13.3. The van der Waals surface area contributed by atoms with Crippen LogP contribution in [0.15, 0.2) is 77.8 Å². The molecule has 1 amide bonds. The van der Waals surface area contributed by atoms with Crippen LogP contribution in [0.1, 0.15) is 35.9 Å². The number of aryl methyl sites for hydroxylation is 1. The highest BCUT2D eigenvalue weighted by molar-refractivity contribution is 7.10. The molecule has 1 unspecified atom stereocenters. The SMILES string of the molecule is CC(C)COc1cccc(/C(O)=C2/C(=O)C(=O)N(CCc3cn(C)c4ccccc34)C2c2cccs2)c1. The highest BCUT2D eigenvalue weighted by Gasteiger charge is 2.46. The summed E-state index contributed by atoms with van der Waals surface area (Å²) in [4.78, 5) is 29.1. The predicted octanol–water partition coefficient (Wildman–Crippen LogP) is 5.94. The zero-order chi connectivity index (χ0) is 26.1. The number of carbonyl (C=O) groups is 2. The van der Waals surface area contributed by atoms with Gasteiger partial charge < -0.3 is 19.3 Å². The maximum atomic E-state index is 13.3. The van der Waals surface area contributed by atoms with Crippen molar-refractivity contribution in [2.24, 2.45) is 13.0 Å². The lowest BCUT2D eigenvalue weighted by Gasteiger charge is -2.24. The number of aliphatic hydroxyl groups excluding tert-OH is 1. The summed E-state index contributed by atoms with van der Waals surface area (Å²) in [6, 6.07) is 18.3. The number of ketones is 1. The minimum atomic E-state index is -0.665. The zero-order valence-electron chi connectivity index (χ0n) is 21.2. The number of nitrogens with zero attached hydrogens (tertiary/aromatic N) is 2. The Balaban J connectivity index is 1.50. The molecule has 1 aliphatic rings. The van der Waals surface area contributed by atoms with Gasteiger partial charge in [-0.15, -0.1) is 11.3 Å². The Morgan fingerprint density at radius 2 is 1.89 bits per heavy atom. The van der Waals surface area contributed by atoms with Gasteiger partial charge in [-0.25, -0.2) is 0 Å². The summed E-state index contributed by atoms with van der Waals surface area (Å²) in [5.41, 5.74) is 2.80. The van der Waals surface area contributed by atoms with Crippen molar-refractivity contribution in [2.45, 2.75) is 26.3 Å². The average molecular weight is 515 g/mol. The van der Waals surface area contributed by atoms with Crippen LogP contribution < -0.4 is 4.74 Å². The van der Waals surface area contributed by atoms with E-state index in [0.29, 0.717) is 36.8 Å². The number of thiophene rings is 1. The van der Waals surface area contributed by atoms with Crippen LogP contribution in [0.2, 0.25) is 0 Å². The minimum absolute atomic E-state index is 0.117. The van der Waals surface area contributed by atoms with Gasteiger partial charge in [0.1, 0.15) is 11.5 Å². The van der Waals surface area contributed by atoms with Crippen molar-refractivity contribution < 1.29 is 19.4 Å². The van der Waals surface area contributed by atoms with E-state index in [9.17, 15) is 14.7 Å². The maximum absolute atomic E-state index is 13.3. The Kier molecular flexibility index (Phi) is 6.89. The molecule has 0 radical (unpaired) electrons. The Morgan fingerprint density at radius 3 is 2.65 bits per heavy atom. The van der Waals surface area contributed by atoms with Crippen molar-refractivity contribution >= 4 is 39.7 Å². The van der Waals surface area contributed by atoms with Gasteiger partial charge in [-0.05, 0) is 47.5 Å². The topological polar surface area (TPSA) is 71.8 Å². The van der Waals surface area contributed by atoms with Crippen molar-refractivity contribution in [3.63, 3.8) is 0 Å². The van der Waals surface area contributed by atoms with Gasteiger partial charge in [0.25, 0.3) is 11.7 Å². The summed E-state index contributed by atoms with van der Waals surface area (Å²) in [7, 11) is 2.00. The highest BCUT2D eigenvalue weighted by Crippen LogP contribution is 2.41. The van der Waals surface area contributed by atoms with E-state index in [1.54, 1.807) is 23.1 Å². The summed E-state index contributed by atoms with van der Waals surface area (Å²) in [5.74, 6) is -0.479. The second kappa shape index (κ2) is 10.3. The van der Waals surface area contributed by atoms with Crippen LogP contribution in [0, 0.1) is 5.92 Å². The maximum Gasteiger partial charge on any atom is 0.295 e. The third-order valence-electron chi connectivity index (χ3n) is 6.64. The third kappa shape index (κ3) is 4.79. The second-order valence-corrected chi connectivity index (χ2v) is 10.8. The summed E-state index contributed by atoms with van der Waals surface area (Å²) >= 11 is 1.47. The molecule has 2 aromatic heterocycles. The Hall–Kier alpha value is -3.84. The average Bonchev–Trinajstić information content (AvgIpc) is 3.60. The molecule has 2 aromatic carbocycles. The van der Waals surface area contributed by atoms with E-state index < -0.39 is 17.7 Å². The first-order chi connectivity index (χ1) is 17.8. The number of benzene rings is 2. The molecule has 1 N–H and O–H groups in total. The molecular weight excluding hydrogens is 484 g/mol. The van der Waals surface area contributed by atoms with Gasteiger partial charge in [0.15, 0.2) is 0 Å². The molecule has 0 bridgehead atoms. The van der Waals surface area contributed by atoms with E-state index >= 15 is 0 Å². The predicted molar refractivity (Wildman–Crippen MR) is 147 cm³/mol. The molecule has 7 heteroatoms.